The van der Waals surface area contributed by atoms with Crippen LogP contribution in [-0.2, 0) is 11.2 Å². The van der Waals surface area contributed by atoms with Crippen molar-refractivity contribution >= 4 is 23.8 Å². The molecule has 0 saturated carbocycles. The van der Waals surface area contributed by atoms with E-state index in [-0.39, 0.29) is 0 Å². The molecule has 1 atom stereocenters. The molecule has 0 heterocycles. The highest BCUT2D eigenvalue weighted by molar-refractivity contribution is 7.90. The number of rotatable bonds is 2. The predicted molar refractivity (Wildman–Crippen MR) is 48.6 cm³/mol. The molecule has 0 amide bonds. The summed E-state index contributed by atoms with van der Waals surface area (Å²) in [5.74, 6) is 0. The SMILES string of the molecule is C[S+]([O-])c1ccc(B(O)O)cc1. The average molecular weight is 184 g/mol. The summed E-state index contributed by atoms with van der Waals surface area (Å²) in [6, 6.07) is 6.32. The molecular weight excluding hydrogens is 175 g/mol. The maximum absolute atomic E-state index is 10.9. The Labute approximate surface area is 74.4 Å². The molecule has 2 N–H and O–H groups in total. The van der Waals surface area contributed by atoms with Crippen molar-refractivity contribution in [3.8, 4) is 0 Å². The number of hydrogen-bond donors (Lipinski definition) is 2. The van der Waals surface area contributed by atoms with Gasteiger partial charge in [0.1, 0.15) is 6.26 Å². The zero-order chi connectivity index (χ0) is 9.14. The zero-order valence-corrected chi connectivity index (χ0v) is 7.41. The average Bonchev–Trinajstić information content (AvgIpc) is 2.04. The predicted octanol–water partition coefficient (Wildman–Crippen LogP) is -0.896. The van der Waals surface area contributed by atoms with Crippen molar-refractivity contribution in [1.29, 1.82) is 0 Å². The lowest BCUT2D eigenvalue weighted by molar-refractivity contribution is 0.425. The van der Waals surface area contributed by atoms with Crippen molar-refractivity contribution in [3.05, 3.63) is 24.3 Å². The second-order valence-corrected chi connectivity index (χ2v) is 3.78. The first-order valence-electron chi connectivity index (χ1n) is 3.41. The van der Waals surface area contributed by atoms with Gasteiger partial charge in [0.2, 0.25) is 0 Å². The Morgan fingerprint density at radius 1 is 1.25 bits per heavy atom. The van der Waals surface area contributed by atoms with Crippen molar-refractivity contribution in [2.75, 3.05) is 6.26 Å². The van der Waals surface area contributed by atoms with Crippen LogP contribution < -0.4 is 5.46 Å². The van der Waals surface area contributed by atoms with E-state index in [9.17, 15) is 4.55 Å². The molecule has 1 aromatic rings. The molecule has 64 valence electrons. The van der Waals surface area contributed by atoms with Gasteiger partial charge in [-0.15, -0.1) is 0 Å². The molecule has 0 aliphatic heterocycles. The molecule has 1 rings (SSSR count). The van der Waals surface area contributed by atoms with Gasteiger partial charge in [-0.2, -0.15) is 0 Å². The van der Waals surface area contributed by atoms with Gasteiger partial charge >= 0.3 is 7.12 Å². The monoisotopic (exact) mass is 184 g/mol. The van der Waals surface area contributed by atoms with Crippen LogP contribution in [-0.4, -0.2) is 28.0 Å². The first-order chi connectivity index (χ1) is 5.61. The van der Waals surface area contributed by atoms with Crippen LogP contribution in [0.2, 0.25) is 0 Å². The number of hydrogen-bond acceptors (Lipinski definition) is 3. The van der Waals surface area contributed by atoms with Crippen LogP contribution >= 0.6 is 0 Å². The second kappa shape index (κ2) is 3.95. The Morgan fingerprint density at radius 3 is 2.08 bits per heavy atom. The van der Waals surface area contributed by atoms with E-state index in [1.54, 1.807) is 30.5 Å². The van der Waals surface area contributed by atoms with Gasteiger partial charge in [0.25, 0.3) is 0 Å². The molecule has 0 bridgehead atoms. The quantitative estimate of drug-likeness (QED) is 0.462. The smallest absolute Gasteiger partial charge is 0.488 e. The molecule has 0 saturated heterocycles. The summed E-state index contributed by atoms with van der Waals surface area (Å²) in [5.41, 5.74) is 0.407. The lowest BCUT2D eigenvalue weighted by Gasteiger charge is -2.04. The highest BCUT2D eigenvalue weighted by Gasteiger charge is 2.11. The summed E-state index contributed by atoms with van der Waals surface area (Å²) < 4.78 is 10.9. The van der Waals surface area contributed by atoms with E-state index in [1.165, 1.54) is 0 Å². The van der Waals surface area contributed by atoms with Gasteiger partial charge in [0.15, 0.2) is 4.90 Å². The maximum atomic E-state index is 10.9. The van der Waals surface area contributed by atoms with E-state index in [4.69, 9.17) is 10.0 Å². The van der Waals surface area contributed by atoms with Crippen molar-refractivity contribution in [2.45, 2.75) is 4.90 Å². The van der Waals surface area contributed by atoms with Gasteiger partial charge in [-0.1, -0.05) is 12.1 Å². The van der Waals surface area contributed by atoms with E-state index in [1.807, 2.05) is 0 Å². The Hall–Kier alpha value is -0.485. The van der Waals surface area contributed by atoms with E-state index < -0.39 is 18.3 Å². The minimum atomic E-state index is -1.45. The van der Waals surface area contributed by atoms with Crippen molar-refractivity contribution in [2.24, 2.45) is 0 Å². The minimum absolute atomic E-state index is 0.407. The fraction of sp³-hybridized carbons (Fsp3) is 0.143. The van der Waals surface area contributed by atoms with Crippen LogP contribution in [0.5, 0.6) is 0 Å². The Kier molecular flexibility index (Phi) is 3.16. The topological polar surface area (TPSA) is 63.5 Å². The van der Waals surface area contributed by atoms with Gasteiger partial charge in [0.05, 0.1) is 0 Å². The van der Waals surface area contributed by atoms with Gasteiger partial charge in [0, 0.05) is 0 Å². The fourth-order valence-electron chi connectivity index (χ4n) is 0.832. The van der Waals surface area contributed by atoms with Crippen LogP contribution in [0.15, 0.2) is 29.2 Å². The van der Waals surface area contributed by atoms with Crippen LogP contribution in [0.4, 0.5) is 0 Å². The molecule has 1 aromatic carbocycles. The molecular formula is C7H9BO3S. The van der Waals surface area contributed by atoms with E-state index in [0.717, 1.165) is 0 Å². The van der Waals surface area contributed by atoms with E-state index in [2.05, 4.69) is 0 Å². The maximum Gasteiger partial charge on any atom is 0.488 e. The summed E-state index contributed by atoms with van der Waals surface area (Å²) in [4.78, 5) is 0.680. The third kappa shape index (κ3) is 2.25. The molecule has 0 aliphatic rings. The Morgan fingerprint density at radius 2 is 1.75 bits per heavy atom. The third-order valence-corrected chi connectivity index (χ3v) is 2.45. The third-order valence-electron chi connectivity index (χ3n) is 1.51. The van der Waals surface area contributed by atoms with Crippen molar-refractivity contribution < 1.29 is 14.6 Å². The molecule has 0 aromatic heterocycles. The van der Waals surface area contributed by atoms with Gasteiger partial charge < -0.3 is 14.6 Å². The summed E-state index contributed by atoms with van der Waals surface area (Å²) in [6.07, 6.45) is 1.57. The molecule has 5 heteroatoms. The normalized spacial score (nSPS) is 12.7. The lowest BCUT2D eigenvalue weighted by Crippen LogP contribution is -2.29. The van der Waals surface area contributed by atoms with E-state index >= 15 is 0 Å². The van der Waals surface area contributed by atoms with Crippen molar-refractivity contribution in [3.63, 3.8) is 0 Å². The summed E-state index contributed by atoms with van der Waals surface area (Å²) in [6.45, 7) is 0. The fourth-order valence-corrected chi connectivity index (χ4v) is 1.35. The van der Waals surface area contributed by atoms with Crippen LogP contribution in [0.25, 0.3) is 0 Å². The molecule has 0 aliphatic carbocycles. The highest BCUT2D eigenvalue weighted by Crippen LogP contribution is 2.05. The standard InChI is InChI=1S/C7H9BO3S/c1-12(11)7-4-2-6(3-5-7)8(9)10/h2-5,9-10H,1H3. The molecule has 0 fully saturated rings. The summed E-state index contributed by atoms with van der Waals surface area (Å²) >= 11 is -1.01. The lowest BCUT2D eigenvalue weighted by atomic mass is 9.81. The first kappa shape index (κ1) is 9.60. The van der Waals surface area contributed by atoms with E-state index in [0.29, 0.717) is 10.4 Å². The van der Waals surface area contributed by atoms with Crippen LogP contribution in [0.3, 0.4) is 0 Å². The number of benzene rings is 1. The van der Waals surface area contributed by atoms with Gasteiger partial charge in [-0.25, -0.2) is 0 Å². The minimum Gasteiger partial charge on any atom is -0.612 e. The summed E-state index contributed by atoms with van der Waals surface area (Å²) in [5, 5.41) is 17.5. The molecule has 0 radical (unpaired) electrons. The Bertz CT molecular complexity index is 220. The zero-order valence-electron chi connectivity index (χ0n) is 6.60. The van der Waals surface area contributed by atoms with Gasteiger partial charge in [-0.05, 0) is 28.8 Å². The van der Waals surface area contributed by atoms with Crippen LogP contribution in [0, 0.1) is 0 Å². The first-order valence-corrected chi connectivity index (χ1v) is 4.96. The van der Waals surface area contributed by atoms with Crippen LogP contribution in [0.1, 0.15) is 0 Å². The molecule has 0 spiro atoms. The molecule has 3 nitrogen and oxygen atoms in total. The Balaban J connectivity index is 2.86. The summed E-state index contributed by atoms with van der Waals surface area (Å²) in [7, 11) is -1.45. The van der Waals surface area contributed by atoms with Gasteiger partial charge in [-0.3, -0.25) is 0 Å². The highest BCUT2D eigenvalue weighted by atomic mass is 32.2. The van der Waals surface area contributed by atoms with Crippen molar-refractivity contribution in [1.82, 2.24) is 0 Å². The second-order valence-electron chi connectivity index (χ2n) is 2.40. The molecule has 12 heavy (non-hydrogen) atoms. The molecule has 1 unspecified atom stereocenters. The largest absolute Gasteiger partial charge is 0.612 e.